The summed E-state index contributed by atoms with van der Waals surface area (Å²) in [4.78, 5) is 123. The van der Waals surface area contributed by atoms with Crippen molar-refractivity contribution >= 4 is 69.6 Å². The second-order valence-electron chi connectivity index (χ2n) is 35.0. The van der Waals surface area contributed by atoms with Crippen molar-refractivity contribution in [2.45, 2.75) is 139 Å². The van der Waals surface area contributed by atoms with Crippen LogP contribution in [0.1, 0.15) is 103 Å². The van der Waals surface area contributed by atoms with Gasteiger partial charge < -0.3 is 99.1 Å². The number of carbonyl (C=O) groups is 9. The predicted molar refractivity (Wildman–Crippen MR) is 428 cm³/mol. The number of aromatic hydroxyl groups is 4. The van der Waals surface area contributed by atoms with Crippen molar-refractivity contribution < 1.29 is 145 Å². The lowest BCUT2D eigenvalue weighted by Gasteiger charge is -2.53. The summed E-state index contributed by atoms with van der Waals surface area (Å²) in [6.07, 6.45) is -7.73. The molecule has 4 fully saturated rings. The Morgan fingerprint density at radius 1 is 0.528 bits per heavy atom. The highest BCUT2D eigenvalue weighted by atomic mass is 19.4. The summed E-state index contributed by atoms with van der Waals surface area (Å²) in [7, 11) is 9.09. The number of hydrogen-bond acceptors (Lipinski definition) is 28. The monoisotopic (exact) mass is 1750 g/mol. The molecule has 30 nitrogen and oxygen atoms in total. The van der Waals surface area contributed by atoms with Crippen LogP contribution in [0.25, 0.3) is 39.5 Å². The van der Waals surface area contributed by atoms with Gasteiger partial charge in [0.15, 0.2) is 51.6 Å². The minimum absolute atomic E-state index is 0.0176. The maximum Gasteiger partial charge on any atom is 0.390 e. The van der Waals surface area contributed by atoms with Gasteiger partial charge in [0.1, 0.15) is 86.3 Å². The van der Waals surface area contributed by atoms with E-state index in [1.165, 1.54) is 56.2 Å². The lowest BCUT2D eigenvalue weighted by molar-refractivity contribution is -0.184. The number of primary amides is 2. The standard InChI is InChI=1S/C31H30F5N3O7.C28H26F3N3O7.C28H38N2O8/c1-39(2)23-18-9-12-7-17-16(15-4-3-14(32)10-19(15)33)8-13(11-38-6-5-30(34,35)36)24(40)21(17)25(41)20(12)27(43)31(18,46)28(44)22(26(23)42)29(37)45;1-34(2)21-14-5-10-3-13-12(9-6-15(29)20(31)16(30)7-9)4-11(8-32)22(35)18(13)23(36)17(10)25(38)28(14,41)26(39)19(24(21)37)27(33)40;1-12(31)18-24(35)21(30(5)6)16-8-13-7-15-17(32)9-14(10-29-11-27(2,3)4)22(33)20(15)23(34)19(13)26(37)28(16,38)25(18)36/h3-4,8,10,12,18,23,38,40-41,44,46H,5-7,9,11H2,1-2H3,(H2,37,45);4,6-7,10,14,21,35-36,39,41H,3,5,8,32H2,1-2H3,(H2,33,40);9,13,16,18,21,24,29,32-35,38H,7-8,10-11H2,1-6H3/t12-,18-,23-,31-;10-,14-,21-,28-;13-,16-,18?,21-,24?,28+/m000/s1. The third kappa shape index (κ3) is 15.3. The van der Waals surface area contributed by atoms with Gasteiger partial charge in [0.25, 0.3) is 11.8 Å². The van der Waals surface area contributed by atoms with E-state index < -0.39 is 252 Å². The number of nitrogens with zero attached hydrogens (tertiary/aromatic N) is 3. The maximum absolute atomic E-state index is 15.1. The minimum atomic E-state index is -4.48. The van der Waals surface area contributed by atoms with Gasteiger partial charge in [-0.1, -0.05) is 20.8 Å². The maximum atomic E-state index is 15.1. The smallest absolute Gasteiger partial charge is 0.390 e. The summed E-state index contributed by atoms with van der Waals surface area (Å²) in [5.74, 6) is -30.7. The van der Waals surface area contributed by atoms with E-state index in [-0.39, 0.29) is 141 Å². The zero-order valence-electron chi connectivity index (χ0n) is 69.0. The SMILES string of the molecule is CC(=O)C1C(=O)[C@@]2(O)C(=O)C3=C(O)c4c(O)c(CNCC(C)(C)C)cc(O)c4C[C@H]3C[C@H]2[C@H](N(C)C)C1O.CN(C)[C@@H]1C(=O)C(C(N)=O)=C(O)[C@@]2(O)C(=O)C3=C(O)c4c(O)c(CN)cc(-c5cc(F)c(F)c(F)c5)c4C[C@H]3C[C@@H]12.CN(C)[C@@H]1C(=O)C(C(N)=O)=C(O)[C@@]2(O)C(=O)C3=C(O)c4c(O)c(CNCCC(F)(F)F)cc(-c5ccc(F)cc5F)c4C[C@H]3C[C@@H]12. The molecule has 14 rings (SSSR count). The molecule has 0 bridgehead atoms. The van der Waals surface area contributed by atoms with E-state index in [9.17, 15) is 140 Å². The molecule has 2 unspecified atom stereocenters. The number of ketones is 7. The number of aliphatic hydroxyl groups excluding tert-OH is 6. The van der Waals surface area contributed by atoms with E-state index in [1.807, 2.05) is 20.8 Å². The third-order valence-electron chi connectivity index (χ3n) is 25.5. The highest BCUT2D eigenvalue weighted by Crippen LogP contribution is 2.59. The van der Waals surface area contributed by atoms with Crippen LogP contribution in [0, 0.1) is 75.9 Å². The van der Waals surface area contributed by atoms with E-state index >= 15 is 4.39 Å². The number of nitrogens with two attached hydrogens (primary N) is 3. The van der Waals surface area contributed by atoms with Crippen molar-refractivity contribution in [3.63, 3.8) is 0 Å². The third-order valence-corrected chi connectivity index (χ3v) is 25.5. The number of hydrogen-bond donors (Lipinski definition) is 18. The zero-order chi connectivity index (χ0) is 92.8. The average Bonchev–Trinajstić information content (AvgIpc) is 0.705. The first-order valence-electron chi connectivity index (χ1n) is 39.6. The summed E-state index contributed by atoms with van der Waals surface area (Å²) in [5.41, 5.74) is 4.82. The van der Waals surface area contributed by atoms with Crippen LogP contribution in [0.2, 0.25) is 0 Å². The zero-order valence-corrected chi connectivity index (χ0v) is 69.0. The molecule has 9 aliphatic rings. The van der Waals surface area contributed by atoms with E-state index in [1.54, 1.807) is 19.0 Å². The summed E-state index contributed by atoms with van der Waals surface area (Å²) in [6.45, 7) is 6.80. The number of carbonyl (C=O) groups excluding carboxylic acids is 9. The number of nitrogens with one attached hydrogen (secondary N) is 2. The fourth-order valence-corrected chi connectivity index (χ4v) is 19.9. The second-order valence-corrected chi connectivity index (χ2v) is 35.0. The Balaban J connectivity index is 0.000000172. The Hall–Kier alpha value is -11.3. The lowest BCUT2D eigenvalue weighted by atomic mass is 9.54. The minimum Gasteiger partial charge on any atom is -0.508 e. The molecule has 4 saturated carbocycles. The number of amides is 2. The molecular formula is C87H94F8N8O22. The van der Waals surface area contributed by atoms with E-state index in [0.717, 1.165) is 31.2 Å². The Bertz CT molecular complexity index is 5650. The van der Waals surface area contributed by atoms with Crippen LogP contribution >= 0.6 is 0 Å². The highest BCUT2D eigenvalue weighted by Gasteiger charge is 2.69. The van der Waals surface area contributed by atoms with Gasteiger partial charge in [0.2, 0.25) is 17.3 Å². The van der Waals surface area contributed by atoms with Crippen LogP contribution in [0.15, 0.2) is 87.9 Å². The summed E-state index contributed by atoms with van der Waals surface area (Å²) in [6, 6.07) is 4.71. The topological polar surface area (TPSA) is 528 Å². The van der Waals surface area contributed by atoms with Crippen molar-refractivity contribution in [3.05, 3.63) is 167 Å². The molecule has 38 heteroatoms. The van der Waals surface area contributed by atoms with Crippen LogP contribution < -0.4 is 27.8 Å². The van der Waals surface area contributed by atoms with Gasteiger partial charge >= 0.3 is 6.18 Å². The predicted octanol–water partition coefficient (Wildman–Crippen LogP) is 5.53. The molecule has 5 aromatic carbocycles. The normalized spacial score (nSPS) is 27.0. The van der Waals surface area contributed by atoms with Gasteiger partial charge in [-0.05, 0) is 181 Å². The van der Waals surface area contributed by atoms with Crippen LogP contribution in [0.3, 0.4) is 0 Å². The van der Waals surface area contributed by atoms with Gasteiger partial charge in [-0.15, -0.1) is 0 Å². The number of Topliss-reactive ketones (excluding diaryl/α,β-unsaturated/α-hetero) is 7. The number of fused-ring (bicyclic) bond motifs is 9. The number of halogens is 8. The molecular weight excluding hydrogens is 1660 g/mol. The van der Waals surface area contributed by atoms with Crippen LogP contribution in [-0.2, 0) is 82.0 Å². The van der Waals surface area contributed by atoms with Crippen molar-refractivity contribution in [2.75, 3.05) is 55.4 Å². The molecule has 0 spiro atoms. The van der Waals surface area contributed by atoms with Crippen molar-refractivity contribution in [1.29, 1.82) is 0 Å². The van der Waals surface area contributed by atoms with Crippen LogP contribution in [0.4, 0.5) is 35.1 Å². The van der Waals surface area contributed by atoms with Crippen molar-refractivity contribution in [2.24, 2.45) is 64.0 Å². The van der Waals surface area contributed by atoms with Gasteiger partial charge in [-0.25, -0.2) is 22.0 Å². The number of benzene rings is 5. The van der Waals surface area contributed by atoms with Gasteiger partial charge in [-0.2, -0.15) is 13.2 Å². The molecule has 0 radical (unpaired) electrons. The van der Waals surface area contributed by atoms with Crippen LogP contribution in [-0.4, -0.2) is 236 Å². The Kier molecular flexibility index (Phi) is 24.7. The van der Waals surface area contributed by atoms with E-state index in [2.05, 4.69) is 10.6 Å². The molecule has 0 saturated heterocycles. The number of rotatable bonds is 16. The largest absolute Gasteiger partial charge is 0.508 e. The molecule has 125 heavy (non-hydrogen) atoms. The van der Waals surface area contributed by atoms with Crippen LogP contribution in [0.5, 0.6) is 23.0 Å². The summed E-state index contributed by atoms with van der Waals surface area (Å²) in [5, 5.41) is 152. The molecule has 0 aliphatic heterocycles. The summed E-state index contributed by atoms with van der Waals surface area (Å²) < 4.78 is 109. The van der Waals surface area contributed by atoms with Gasteiger partial charge in [0, 0.05) is 107 Å². The highest BCUT2D eigenvalue weighted by molar-refractivity contribution is 6.27. The molecule has 0 aromatic heterocycles. The molecule has 0 heterocycles. The van der Waals surface area contributed by atoms with Gasteiger partial charge in [-0.3, -0.25) is 53.0 Å². The summed E-state index contributed by atoms with van der Waals surface area (Å²) >= 11 is 0. The second kappa shape index (κ2) is 33.2. The number of alkyl halides is 3. The molecule has 5 aromatic rings. The lowest BCUT2D eigenvalue weighted by Crippen LogP contribution is -2.72. The van der Waals surface area contributed by atoms with Crippen molar-refractivity contribution in [1.82, 2.24) is 25.3 Å². The fourth-order valence-electron chi connectivity index (χ4n) is 19.9. The van der Waals surface area contributed by atoms with E-state index in [0.29, 0.717) is 18.2 Å². The average molecular weight is 1760 g/mol. The molecule has 21 N–H and O–H groups in total. The first-order chi connectivity index (χ1) is 58.1. The van der Waals surface area contributed by atoms with Crippen molar-refractivity contribution in [3.8, 4) is 45.3 Å². The number of likely N-dealkylation sites (N-methyl/N-ethyl adjacent to an activating group) is 3. The number of phenols is 4. The van der Waals surface area contributed by atoms with E-state index in [4.69, 9.17) is 17.2 Å². The first-order valence-corrected chi connectivity index (χ1v) is 39.6. The fraction of sp³-hybridized carbons (Fsp3) is 0.437. The number of aliphatic hydroxyl groups is 9. The molecule has 670 valence electrons. The molecule has 14 atom stereocenters. The number of phenolic OH excluding ortho intramolecular Hbond substituents is 4. The first kappa shape index (κ1) is 92.8. The molecule has 2 amide bonds. The van der Waals surface area contributed by atoms with Gasteiger partial charge in [0.05, 0.1) is 41.3 Å². The Morgan fingerprint density at radius 2 is 0.944 bits per heavy atom. The Morgan fingerprint density at radius 3 is 1.37 bits per heavy atom. The quantitative estimate of drug-likeness (QED) is 0.0144. The Labute approximate surface area is 707 Å². The molecule has 9 aliphatic carbocycles.